The van der Waals surface area contributed by atoms with Gasteiger partial charge in [-0.2, -0.15) is 19.4 Å². The highest BCUT2D eigenvalue weighted by atomic mass is 17.3. The van der Waals surface area contributed by atoms with Gasteiger partial charge in [0.05, 0.1) is 0 Å². The van der Waals surface area contributed by atoms with E-state index in [0.717, 1.165) is 0 Å². The molecule has 0 aromatic rings. The molecule has 0 bridgehead atoms. The molecule has 1 aliphatic rings. The first kappa shape index (κ1) is 6.66. The summed E-state index contributed by atoms with van der Waals surface area (Å²) in [6.07, 6.45) is -2.09. The maximum absolute atomic E-state index is 10.2. The van der Waals surface area contributed by atoms with Crippen molar-refractivity contribution in [1.82, 2.24) is 0 Å². The Morgan fingerprint density at radius 3 is 1.70 bits per heavy atom. The Morgan fingerprint density at radius 2 is 1.30 bits per heavy atom. The standard InChI is InChI=1S/C4H4O6/c5-3-7-1-2-8-4(6)10-9-3/h1-2H2. The number of hydrogen-bond acceptors (Lipinski definition) is 6. The molecule has 0 aromatic heterocycles. The van der Waals surface area contributed by atoms with Crippen molar-refractivity contribution in [1.29, 1.82) is 0 Å². The molecule has 1 fully saturated rings. The molecule has 10 heavy (non-hydrogen) atoms. The van der Waals surface area contributed by atoms with E-state index in [1.807, 2.05) is 0 Å². The van der Waals surface area contributed by atoms with Crippen LogP contribution in [-0.4, -0.2) is 25.5 Å². The largest absolute Gasteiger partial charge is 0.550 e. The minimum absolute atomic E-state index is 0.0199. The van der Waals surface area contributed by atoms with E-state index in [-0.39, 0.29) is 13.2 Å². The molecule has 0 aromatic carbocycles. The van der Waals surface area contributed by atoms with Crippen LogP contribution in [0.4, 0.5) is 9.59 Å². The molecule has 56 valence electrons. The van der Waals surface area contributed by atoms with Gasteiger partial charge in [0.2, 0.25) is 0 Å². The van der Waals surface area contributed by atoms with Crippen LogP contribution in [0.2, 0.25) is 0 Å². The van der Waals surface area contributed by atoms with Gasteiger partial charge in [-0.1, -0.05) is 0 Å². The summed E-state index contributed by atoms with van der Waals surface area (Å²) in [6.45, 7) is -0.0398. The first-order valence-electron chi connectivity index (χ1n) is 2.47. The lowest BCUT2D eigenvalue weighted by atomic mass is 10.8. The van der Waals surface area contributed by atoms with Crippen LogP contribution in [0.15, 0.2) is 0 Å². The SMILES string of the molecule is O=C1OCCOC(=O)OO1. The van der Waals surface area contributed by atoms with Crippen molar-refractivity contribution in [3.63, 3.8) is 0 Å². The quantitative estimate of drug-likeness (QED) is 0.361. The smallest absolute Gasteiger partial charge is 0.428 e. The third-order valence-electron chi connectivity index (χ3n) is 0.701. The van der Waals surface area contributed by atoms with Crippen LogP contribution in [0.5, 0.6) is 0 Å². The number of cyclic esters (lactones) is 2. The zero-order valence-corrected chi connectivity index (χ0v) is 4.86. The summed E-state index contributed by atoms with van der Waals surface area (Å²) in [5, 5.41) is 0. The minimum Gasteiger partial charge on any atom is -0.428 e. The van der Waals surface area contributed by atoms with E-state index in [9.17, 15) is 9.59 Å². The molecule has 0 saturated carbocycles. The highest BCUT2D eigenvalue weighted by Crippen LogP contribution is 1.95. The van der Waals surface area contributed by atoms with E-state index >= 15 is 0 Å². The Bertz CT molecular complexity index is 134. The Balaban J connectivity index is 2.36. The molecule has 1 saturated heterocycles. The van der Waals surface area contributed by atoms with Gasteiger partial charge in [-0.05, 0) is 0 Å². The molecule has 1 rings (SSSR count). The van der Waals surface area contributed by atoms with E-state index in [1.54, 1.807) is 0 Å². The fourth-order valence-electron chi connectivity index (χ4n) is 0.366. The van der Waals surface area contributed by atoms with Crippen molar-refractivity contribution < 1.29 is 28.8 Å². The van der Waals surface area contributed by atoms with Gasteiger partial charge in [-0.3, -0.25) is 0 Å². The zero-order valence-electron chi connectivity index (χ0n) is 4.86. The maximum atomic E-state index is 10.2. The molecule has 6 heteroatoms. The van der Waals surface area contributed by atoms with Crippen LogP contribution in [0.25, 0.3) is 0 Å². The maximum Gasteiger partial charge on any atom is 0.550 e. The van der Waals surface area contributed by atoms with Crippen molar-refractivity contribution in [2.45, 2.75) is 0 Å². The second-order valence-electron chi connectivity index (χ2n) is 1.36. The summed E-state index contributed by atoms with van der Waals surface area (Å²) < 4.78 is 8.54. The molecule has 0 aliphatic carbocycles. The van der Waals surface area contributed by atoms with Crippen LogP contribution >= 0.6 is 0 Å². The normalized spacial score (nSPS) is 18.8. The van der Waals surface area contributed by atoms with E-state index in [1.165, 1.54) is 0 Å². The van der Waals surface area contributed by atoms with Gasteiger partial charge in [-0.15, -0.1) is 0 Å². The molecule has 6 nitrogen and oxygen atoms in total. The Kier molecular flexibility index (Phi) is 1.93. The zero-order chi connectivity index (χ0) is 7.40. The summed E-state index contributed by atoms with van der Waals surface area (Å²) in [5.41, 5.74) is 0. The summed E-state index contributed by atoms with van der Waals surface area (Å²) in [5.74, 6) is 0. The van der Waals surface area contributed by atoms with Gasteiger partial charge in [0.25, 0.3) is 0 Å². The summed E-state index contributed by atoms with van der Waals surface area (Å²) in [4.78, 5) is 27.9. The van der Waals surface area contributed by atoms with Crippen LogP contribution < -0.4 is 0 Å². The van der Waals surface area contributed by atoms with Crippen LogP contribution in [0.1, 0.15) is 0 Å². The number of carbonyl (C=O) groups is 2. The number of carbonyl (C=O) groups excluding carboxylic acids is 2. The Labute approximate surface area is 55.5 Å². The van der Waals surface area contributed by atoms with Crippen molar-refractivity contribution in [2.75, 3.05) is 13.2 Å². The van der Waals surface area contributed by atoms with E-state index < -0.39 is 12.3 Å². The molecule has 1 heterocycles. The fourth-order valence-corrected chi connectivity index (χ4v) is 0.366. The van der Waals surface area contributed by atoms with Crippen LogP contribution in [0.3, 0.4) is 0 Å². The Morgan fingerprint density at radius 1 is 0.900 bits per heavy atom. The van der Waals surface area contributed by atoms with Crippen LogP contribution in [-0.2, 0) is 19.2 Å². The fraction of sp³-hybridized carbons (Fsp3) is 0.500. The predicted octanol–water partition coefficient (Wildman–Crippen LogP) is 0.221. The lowest BCUT2D eigenvalue weighted by Gasteiger charge is -2.08. The molecule has 0 unspecified atom stereocenters. The molecule has 0 N–H and O–H groups in total. The highest BCUT2D eigenvalue weighted by molar-refractivity contribution is 5.64. The molecule has 1 aliphatic heterocycles. The third kappa shape index (κ3) is 1.81. The number of hydrogen-bond donors (Lipinski definition) is 0. The van der Waals surface area contributed by atoms with E-state index in [4.69, 9.17) is 0 Å². The van der Waals surface area contributed by atoms with Gasteiger partial charge in [0.15, 0.2) is 0 Å². The summed E-state index contributed by atoms with van der Waals surface area (Å²) in [7, 11) is 0. The van der Waals surface area contributed by atoms with Gasteiger partial charge < -0.3 is 9.47 Å². The second kappa shape index (κ2) is 2.90. The molecular formula is C4H4O6. The monoisotopic (exact) mass is 148 g/mol. The first-order valence-corrected chi connectivity index (χ1v) is 2.47. The van der Waals surface area contributed by atoms with Gasteiger partial charge in [0, 0.05) is 0 Å². The molecule has 0 amide bonds. The molecule has 0 spiro atoms. The topological polar surface area (TPSA) is 71.1 Å². The third-order valence-corrected chi connectivity index (χ3v) is 0.701. The molecule has 0 radical (unpaired) electrons. The van der Waals surface area contributed by atoms with Crippen molar-refractivity contribution in [3.05, 3.63) is 0 Å². The average molecular weight is 148 g/mol. The summed E-state index contributed by atoms with van der Waals surface area (Å²) in [6, 6.07) is 0. The molecular weight excluding hydrogens is 144 g/mol. The van der Waals surface area contributed by atoms with E-state index in [2.05, 4.69) is 19.2 Å². The second-order valence-corrected chi connectivity index (χ2v) is 1.36. The van der Waals surface area contributed by atoms with Gasteiger partial charge in [0.1, 0.15) is 13.2 Å². The lowest BCUT2D eigenvalue weighted by Crippen LogP contribution is -2.21. The van der Waals surface area contributed by atoms with Crippen molar-refractivity contribution >= 4 is 12.3 Å². The predicted molar refractivity (Wildman–Crippen MR) is 24.9 cm³/mol. The average Bonchev–Trinajstić information content (AvgIpc) is 1.90. The van der Waals surface area contributed by atoms with Crippen LogP contribution in [0, 0.1) is 0 Å². The van der Waals surface area contributed by atoms with Gasteiger partial charge >= 0.3 is 12.3 Å². The van der Waals surface area contributed by atoms with Crippen molar-refractivity contribution in [3.8, 4) is 0 Å². The van der Waals surface area contributed by atoms with Crippen molar-refractivity contribution in [2.24, 2.45) is 0 Å². The Hall–Kier alpha value is -1.46. The number of rotatable bonds is 0. The highest BCUT2D eigenvalue weighted by Gasteiger charge is 2.15. The lowest BCUT2D eigenvalue weighted by molar-refractivity contribution is -0.228. The minimum atomic E-state index is -1.04. The first-order chi connectivity index (χ1) is 4.79. The number of ether oxygens (including phenoxy) is 2. The van der Waals surface area contributed by atoms with E-state index in [0.29, 0.717) is 0 Å². The molecule has 0 atom stereocenters. The van der Waals surface area contributed by atoms with Gasteiger partial charge in [-0.25, -0.2) is 0 Å². The summed E-state index contributed by atoms with van der Waals surface area (Å²) >= 11 is 0.